The van der Waals surface area contributed by atoms with Gasteiger partial charge in [-0.15, -0.1) is 0 Å². The zero-order valence-electron chi connectivity index (χ0n) is 12.0. The Morgan fingerprint density at radius 1 is 1.21 bits per heavy atom. The zero-order chi connectivity index (χ0) is 13.9. The number of piperazine rings is 1. The van der Waals surface area contributed by atoms with Gasteiger partial charge in [0.25, 0.3) is 10.2 Å². The lowest BCUT2D eigenvalue weighted by Gasteiger charge is -2.34. The Balaban J connectivity index is 1.73. The van der Waals surface area contributed by atoms with E-state index in [9.17, 15) is 8.42 Å². The highest BCUT2D eigenvalue weighted by Crippen LogP contribution is 2.18. The summed E-state index contributed by atoms with van der Waals surface area (Å²) in [7, 11) is 0.452. The van der Waals surface area contributed by atoms with E-state index in [1.165, 1.54) is 17.1 Å². The summed E-state index contributed by atoms with van der Waals surface area (Å²) in [6.45, 7) is 4.33. The zero-order valence-corrected chi connectivity index (χ0v) is 12.8. The van der Waals surface area contributed by atoms with Crippen LogP contribution in [0.5, 0.6) is 0 Å². The summed E-state index contributed by atoms with van der Waals surface area (Å²) in [4.78, 5) is 2.16. The predicted octanol–water partition coefficient (Wildman–Crippen LogP) is -0.447. The lowest BCUT2D eigenvalue weighted by atomic mass is 10.4. The van der Waals surface area contributed by atoms with Crippen LogP contribution < -0.4 is 5.32 Å². The second kappa shape index (κ2) is 6.49. The molecule has 0 radical (unpaired) electrons. The molecule has 2 rings (SSSR count). The summed E-state index contributed by atoms with van der Waals surface area (Å²) >= 11 is 0. The fourth-order valence-corrected chi connectivity index (χ4v) is 3.61. The molecule has 112 valence electrons. The third-order valence-corrected chi connectivity index (χ3v) is 5.83. The van der Waals surface area contributed by atoms with Gasteiger partial charge in [-0.1, -0.05) is 0 Å². The van der Waals surface area contributed by atoms with E-state index in [2.05, 4.69) is 10.2 Å². The molecule has 0 aromatic heterocycles. The van der Waals surface area contributed by atoms with Crippen molar-refractivity contribution in [3.05, 3.63) is 0 Å². The van der Waals surface area contributed by atoms with Crippen LogP contribution in [0.15, 0.2) is 0 Å². The molecule has 1 N–H and O–H groups in total. The maximum Gasteiger partial charge on any atom is 0.281 e. The maximum atomic E-state index is 12.3. The molecular weight excluding hydrogens is 264 g/mol. The van der Waals surface area contributed by atoms with Crippen molar-refractivity contribution >= 4 is 10.2 Å². The molecule has 0 unspecified atom stereocenters. The molecule has 0 spiro atoms. The second-order valence-electron chi connectivity index (χ2n) is 5.61. The number of nitrogens with zero attached hydrogens (tertiary/aromatic N) is 3. The van der Waals surface area contributed by atoms with Crippen molar-refractivity contribution in [2.75, 3.05) is 53.4 Å². The van der Waals surface area contributed by atoms with Gasteiger partial charge in [0.1, 0.15) is 0 Å². The molecule has 7 heteroatoms. The predicted molar refractivity (Wildman–Crippen MR) is 76.3 cm³/mol. The summed E-state index contributed by atoms with van der Waals surface area (Å²) in [5.74, 6) is 0. The highest BCUT2D eigenvalue weighted by molar-refractivity contribution is 7.86. The van der Waals surface area contributed by atoms with Crippen LogP contribution in [0.1, 0.15) is 19.3 Å². The van der Waals surface area contributed by atoms with Crippen LogP contribution in [0.25, 0.3) is 0 Å². The monoisotopic (exact) mass is 290 g/mol. The van der Waals surface area contributed by atoms with Gasteiger partial charge < -0.3 is 10.2 Å². The molecule has 0 atom stereocenters. The van der Waals surface area contributed by atoms with Gasteiger partial charge in [-0.3, -0.25) is 0 Å². The molecule has 0 bridgehead atoms. The standard InChI is InChI=1S/C12H26N4O2S/c1-14-8-10-16(11-9-14)19(17,18)15(2)7-3-6-13-12-4-5-12/h12-13H,3-11H2,1-2H3. The van der Waals surface area contributed by atoms with Gasteiger partial charge in [-0.05, 0) is 32.9 Å². The van der Waals surface area contributed by atoms with E-state index in [0.717, 1.165) is 26.1 Å². The largest absolute Gasteiger partial charge is 0.314 e. The van der Waals surface area contributed by atoms with Gasteiger partial charge in [-0.25, -0.2) is 0 Å². The van der Waals surface area contributed by atoms with Crippen molar-refractivity contribution in [1.82, 2.24) is 18.8 Å². The van der Waals surface area contributed by atoms with Gasteiger partial charge in [-0.2, -0.15) is 17.0 Å². The van der Waals surface area contributed by atoms with Gasteiger partial charge >= 0.3 is 0 Å². The summed E-state index contributed by atoms with van der Waals surface area (Å²) in [6.07, 6.45) is 3.42. The first kappa shape index (κ1) is 15.2. The number of nitrogens with one attached hydrogen (secondary N) is 1. The number of likely N-dealkylation sites (N-methyl/N-ethyl adjacent to an activating group) is 1. The van der Waals surface area contributed by atoms with Gasteiger partial charge in [0.15, 0.2) is 0 Å². The van der Waals surface area contributed by atoms with Crippen molar-refractivity contribution in [3.8, 4) is 0 Å². The molecule has 0 aromatic carbocycles. The average Bonchev–Trinajstić information content (AvgIpc) is 3.19. The van der Waals surface area contributed by atoms with Crippen molar-refractivity contribution in [2.24, 2.45) is 0 Å². The van der Waals surface area contributed by atoms with Crippen LogP contribution in [0.4, 0.5) is 0 Å². The van der Waals surface area contributed by atoms with Gasteiger partial charge in [0, 0.05) is 45.8 Å². The van der Waals surface area contributed by atoms with Crippen LogP contribution in [0, 0.1) is 0 Å². The summed E-state index contributed by atoms with van der Waals surface area (Å²) in [5.41, 5.74) is 0. The lowest BCUT2D eigenvalue weighted by Crippen LogP contribution is -2.51. The van der Waals surface area contributed by atoms with Crippen LogP contribution in [-0.2, 0) is 10.2 Å². The van der Waals surface area contributed by atoms with E-state index in [1.54, 1.807) is 11.4 Å². The summed E-state index contributed by atoms with van der Waals surface area (Å²) < 4.78 is 27.8. The highest BCUT2D eigenvalue weighted by atomic mass is 32.2. The van der Waals surface area contributed by atoms with E-state index in [1.807, 2.05) is 7.05 Å². The Bertz CT molecular complexity index is 375. The Morgan fingerprint density at radius 3 is 2.42 bits per heavy atom. The number of rotatable bonds is 7. The van der Waals surface area contributed by atoms with E-state index >= 15 is 0 Å². The van der Waals surface area contributed by atoms with Crippen molar-refractivity contribution in [3.63, 3.8) is 0 Å². The fourth-order valence-electron chi connectivity index (χ4n) is 2.23. The fraction of sp³-hybridized carbons (Fsp3) is 1.00. The van der Waals surface area contributed by atoms with Crippen LogP contribution in [0.3, 0.4) is 0 Å². The molecule has 0 amide bonds. The molecule has 1 saturated carbocycles. The molecule has 6 nitrogen and oxygen atoms in total. The first-order chi connectivity index (χ1) is 9.00. The summed E-state index contributed by atoms with van der Waals surface area (Å²) in [6, 6.07) is 0.694. The van der Waals surface area contributed by atoms with Crippen LogP contribution >= 0.6 is 0 Å². The smallest absolute Gasteiger partial charge is 0.281 e. The van der Waals surface area contributed by atoms with Crippen LogP contribution in [-0.4, -0.2) is 81.3 Å². The highest BCUT2D eigenvalue weighted by Gasteiger charge is 2.29. The molecule has 1 saturated heterocycles. The Labute approximate surface area is 116 Å². The first-order valence-electron chi connectivity index (χ1n) is 7.13. The van der Waals surface area contributed by atoms with E-state index in [0.29, 0.717) is 25.7 Å². The number of hydrogen-bond donors (Lipinski definition) is 1. The molecule has 19 heavy (non-hydrogen) atoms. The minimum atomic E-state index is -3.26. The third kappa shape index (κ3) is 4.39. The van der Waals surface area contributed by atoms with E-state index < -0.39 is 10.2 Å². The molecule has 1 aliphatic heterocycles. The lowest BCUT2D eigenvalue weighted by molar-refractivity contribution is 0.213. The minimum absolute atomic E-state index is 0.592. The molecule has 2 aliphatic rings. The van der Waals surface area contributed by atoms with Gasteiger partial charge in [0.05, 0.1) is 0 Å². The quantitative estimate of drug-likeness (QED) is 0.646. The minimum Gasteiger partial charge on any atom is -0.314 e. The first-order valence-corrected chi connectivity index (χ1v) is 8.53. The second-order valence-corrected chi connectivity index (χ2v) is 7.65. The van der Waals surface area contributed by atoms with E-state index in [-0.39, 0.29) is 0 Å². The molecule has 1 heterocycles. The van der Waals surface area contributed by atoms with Gasteiger partial charge in [0.2, 0.25) is 0 Å². The molecule has 2 fully saturated rings. The normalized spacial score (nSPS) is 23.1. The Hall–Kier alpha value is -0.210. The van der Waals surface area contributed by atoms with Crippen molar-refractivity contribution in [2.45, 2.75) is 25.3 Å². The molecular formula is C12H26N4O2S. The summed E-state index contributed by atoms with van der Waals surface area (Å²) in [5, 5.41) is 3.41. The molecule has 0 aromatic rings. The van der Waals surface area contributed by atoms with Crippen molar-refractivity contribution < 1.29 is 8.42 Å². The van der Waals surface area contributed by atoms with Crippen molar-refractivity contribution in [1.29, 1.82) is 0 Å². The maximum absolute atomic E-state index is 12.3. The third-order valence-electron chi connectivity index (χ3n) is 3.84. The van der Waals surface area contributed by atoms with E-state index in [4.69, 9.17) is 0 Å². The SMILES string of the molecule is CN1CCN(S(=O)(=O)N(C)CCCNC2CC2)CC1. The Kier molecular flexibility index (Phi) is 5.19. The van der Waals surface area contributed by atoms with Crippen LogP contribution in [0.2, 0.25) is 0 Å². The topological polar surface area (TPSA) is 55.9 Å². The Morgan fingerprint density at radius 2 is 1.84 bits per heavy atom. The molecule has 1 aliphatic carbocycles. The number of hydrogen-bond acceptors (Lipinski definition) is 4. The average molecular weight is 290 g/mol.